The highest BCUT2D eigenvalue weighted by Gasteiger charge is 2.31. The van der Waals surface area contributed by atoms with Crippen molar-refractivity contribution in [1.82, 2.24) is 4.90 Å². The molecule has 0 radical (unpaired) electrons. The number of amides is 1. The van der Waals surface area contributed by atoms with Crippen LogP contribution in [0.25, 0.3) is 0 Å². The molecule has 0 N–H and O–H groups in total. The molecule has 0 aromatic heterocycles. The van der Waals surface area contributed by atoms with Crippen LogP contribution in [-0.4, -0.2) is 57.1 Å². The van der Waals surface area contributed by atoms with E-state index < -0.39 is 17.8 Å². The van der Waals surface area contributed by atoms with Gasteiger partial charge in [-0.1, -0.05) is 17.3 Å². The van der Waals surface area contributed by atoms with Crippen molar-refractivity contribution < 1.29 is 37.0 Å². The van der Waals surface area contributed by atoms with Crippen LogP contribution >= 0.6 is 0 Å². The normalized spacial score (nSPS) is 15.6. The largest absolute Gasteiger partial charge is 0.493 e. The van der Waals surface area contributed by atoms with Gasteiger partial charge in [0.2, 0.25) is 5.91 Å². The second kappa shape index (κ2) is 10.6. The summed E-state index contributed by atoms with van der Waals surface area (Å²) in [6.45, 7) is -0.0779. The first kappa shape index (κ1) is 24.4. The highest BCUT2D eigenvalue weighted by molar-refractivity contribution is 6.01. The fraction of sp³-hybridized carbons (Fsp3) is 0.391. The van der Waals surface area contributed by atoms with E-state index in [1.54, 1.807) is 25.3 Å². The molecule has 2 aromatic rings. The monoisotopic (exact) mass is 466 g/mol. The number of ether oxygens (including phenoxy) is 3. The molecule has 0 spiro atoms. The minimum Gasteiger partial charge on any atom is -0.493 e. The third-order valence-electron chi connectivity index (χ3n) is 5.12. The number of benzene rings is 2. The van der Waals surface area contributed by atoms with E-state index in [4.69, 9.17) is 19.0 Å². The number of hydrogen-bond donors (Lipinski definition) is 0. The molecule has 1 amide bonds. The average Bonchev–Trinajstić information content (AvgIpc) is 3.26. The fourth-order valence-electron chi connectivity index (χ4n) is 3.49. The number of carbonyl (C=O) groups is 1. The van der Waals surface area contributed by atoms with Gasteiger partial charge in [-0.2, -0.15) is 13.2 Å². The van der Waals surface area contributed by atoms with Crippen molar-refractivity contribution in [3.05, 3.63) is 59.2 Å². The Labute approximate surface area is 189 Å². The molecule has 0 bridgehead atoms. The third-order valence-corrected chi connectivity index (χ3v) is 5.12. The summed E-state index contributed by atoms with van der Waals surface area (Å²) in [4.78, 5) is 19.5. The van der Waals surface area contributed by atoms with Crippen LogP contribution in [0.15, 0.2) is 47.6 Å². The highest BCUT2D eigenvalue weighted by atomic mass is 19.4. The predicted octanol–water partition coefficient (Wildman–Crippen LogP) is 3.89. The molecular formula is C23H25F3N2O5. The van der Waals surface area contributed by atoms with Crippen LogP contribution in [0, 0.1) is 0 Å². The van der Waals surface area contributed by atoms with Crippen molar-refractivity contribution in [3.63, 3.8) is 0 Å². The Hall–Kier alpha value is -3.27. The van der Waals surface area contributed by atoms with E-state index in [0.29, 0.717) is 29.2 Å². The molecule has 2 aromatic carbocycles. The maximum Gasteiger partial charge on any atom is 0.416 e. The van der Waals surface area contributed by atoms with Crippen molar-refractivity contribution in [3.8, 4) is 11.5 Å². The Balaban J connectivity index is 1.71. The van der Waals surface area contributed by atoms with Gasteiger partial charge in [0.15, 0.2) is 17.6 Å². The van der Waals surface area contributed by atoms with Crippen molar-refractivity contribution in [2.24, 2.45) is 5.16 Å². The van der Waals surface area contributed by atoms with E-state index in [-0.39, 0.29) is 25.6 Å². The first-order valence-electron chi connectivity index (χ1n) is 10.1. The second-order valence-electron chi connectivity index (χ2n) is 7.44. The molecule has 0 fully saturated rings. The van der Waals surface area contributed by atoms with E-state index in [1.807, 2.05) is 6.07 Å². The minimum atomic E-state index is -4.46. The Morgan fingerprint density at radius 2 is 1.88 bits per heavy atom. The number of carbonyl (C=O) groups excluding carboxylic acids is 1. The number of nitrogens with zero attached hydrogens (tertiary/aromatic N) is 2. The van der Waals surface area contributed by atoms with Crippen LogP contribution in [-0.2, 0) is 27.1 Å². The average molecular weight is 466 g/mol. The number of rotatable bonds is 9. The first-order valence-corrected chi connectivity index (χ1v) is 10.1. The molecule has 33 heavy (non-hydrogen) atoms. The summed E-state index contributed by atoms with van der Waals surface area (Å²) in [7, 11) is 4.45. The molecule has 178 valence electrons. The molecule has 1 atom stereocenters. The van der Waals surface area contributed by atoms with Crippen LogP contribution in [0.2, 0.25) is 0 Å². The van der Waals surface area contributed by atoms with Gasteiger partial charge in [0.25, 0.3) is 0 Å². The Morgan fingerprint density at radius 1 is 1.12 bits per heavy atom. The molecule has 0 saturated heterocycles. The SMILES string of the molecule is COCC(=O)N(Cc1cccc(C(F)(F)F)c1)C[C@@H]1CC(c2ccc(OC)c(OC)c2)=NO1. The lowest BCUT2D eigenvalue weighted by atomic mass is 10.0. The fourth-order valence-corrected chi connectivity index (χ4v) is 3.49. The molecule has 3 rings (SSSR count). The van der Waals surface area contributed by atoms with E-state index in [0.717, 1.165) is 17.7 Å². The van der Waals surface area contributed by atoms with Gasteiger partial charge in [0.1, 0.15) is 6.61 Å². The van der Waals surface area contributed by atoms with E-state index in [1.165, 1.54) is 25.2 Å². The zero-order valence-corrected chi connectivity index (χ0v) is 18.5. The first-order chi connectivity index (χ1) is 15.7. The summed E-state index contributed by atoms with van der Waals surface area (Å²) < 4.78 is 54.7. The van der Waals surface area contributed by atoms with Crippen molar-refractivity contribution in [2.75, 3.05) is 34.5 Å². The molecule has 1 aliphatic rings. The van der Waals surface area contributed by atoms with E-state index >= 15 is 0 Å². The van der Waals surface area contributed by atoms with Crippen molar-refractivity contribution >= 4 is 11.6 Å². The van der Waals surface area contributed by atoms with Gasteiger partial charge in [-0.05, 0) is 35.9 Å². The van der Waals surface area contributed by atoms with Crippen LogP contribution in [0.5, 0.6) is 11.5 Å². The topological polar surface area (TPSA) is 69.6 Å². The van der Waals surface area contributed by atoms with E-state index in [9.17, 15) is 18.0 Å². The summed E-state index contributed by atoms with van der Waals surface area (Å²) in [6, 6.07) is 10.3. The third kappa shape index (κ3) is 6.16. The summed E-state index contributed by atoms with van der Waals surface area (Å²) in [5.74, 6) is 0.760. The zero-order chi connectivity index (χ0) is 24.0. The van der Waals surface area contributed by atoms with Gasteiger partial charge < -0.3 is 23.9 Å². The van der Waals surface area contributed by atoms with Crippen LogP contribution < -0.4 is 9.47 Å². The maximum absolute atomic E-state index is 13.1. The van der Waals surface area contributed by atoms with Gasteiger partial charge in [0, 0.05) is 25.6 Å². The Morgan fingerprint density at radius 3 is 2.55 bits per heavy atom. The summed E-state index contributed by atoms with van der Waals surface area (Å²) in [6.07, 6.45) is -4.51. The number of hydrogen-bond acceptors (Lipinski definition) is 6. The maximum atomic E-state index is 13.1. The molecular weight excluding hydrogens is 441 g/mol. The van der Waals surface area contributed by atoms with E-state index in [2.05, 4.69) is 5.16 Å². The number of oxime groups is 1. The van der Waals surface area contributed by atoms with Gasteiger partial charge in [-0.3, -0.25) is 4.79 Å². The van der Waals surface area contributed by atoms with Gasteiger partial charge in [-0.15, -0.1) is 0 Å². The molecule has 1 heterocycles. The summed E-state index contributed by atoms with van der Waals surface area (Å²) in [5, 5.41) is 4.13. The van der Waals surface area contributed by atoms with Crippen LogP contribution in [0.4, 0.5) is 13.2 Å². The number of halogens is 3. The molecule has 1 aliphatic heterocycles. The highest BCUT2D eigenvalue weighted by Crippen LogP contribution is 2.31. The van der Waals surface area contributed by atoms with Crippen molar-refractivity contribution in [1.29, 1.82) is 0 Å². The molecule has 0 saturated carbocycles. The lowest BCUT2D eigenvalue weighted by molar-refractivity contribution is -0.137. The second-order valence-corrected chi connectivity index (χ2v) is 7.44. The quantitative estimate of drug-likeness (QED) is 0.561. The zero-order valence-electron chi connectivity index (χ0n) is 18.5. The van der Waals surface area contributed by atoms with Gasteiger partial charge in [0.05, 0.1) is 32.0 Å². The Kier molecular flexibility index (Phi) is 7.80. The lowest BCUT2D eigenvalue weighted by Gasteiger charge is -2.25. The lowest BCUT2D eigenvalue weighted by Crippen LogP contribution is -2.39. The standard InChI is InChI=1S/C23H25F3N2O5/c1-30-14-22(29)28(12-15-5-4-6-17(9-15)23(24,25)26)13-18-11-19(27-33-18)16-7-8-20(31-2)21(10-16)32-3/h4-10,18H,11-14H2,1-3H3/t18-/m0/s1. The summed E-state index contributed by atoms with van der Waals surface area (Å²) >= 11 is 0. The molecule has 0 unspecified atom stereocenters. The predicted molar refractivity (Wildman–Crippen MR) is 114 cm³/mol. The summed E-state index contributed by atoms with van der Waals surface area (Å²) in [5.41, 5.74) is 1.03. The van der Waals surface area contributed by atoms with Crippen LogP contribution in [0.1, 0.15) is 23.1 Å². The molecule has 10 heteroatoms. The van der Waals surface area contributed by atoms with Crippen LogP contribution in [0.3, 0.4) is 0 Å². The Bertz CT molecular complexity index is 1010. The minimum absolute atomic E-state index is 0.0162. The molecule has 7 nitrogen and oxygen atoms in total. The van der Waals surface area contributed by atoms with Gasteiger partial charge >= 0.3 is 6.18 Å². The number of methoxy groups -OCH3 is 3. The number of alkyl halides is 3. The van der Waals surface area contributed by atoms with Crippen molar-refractivity contribution in [2.45, 2.75) is 25.2 Å². The smallest absolute Gasteiger partial charge is 0.416 e. The molecule has 0 aliphatic carbocycles. The van der Waals surface area contributed by atoms with Gasteiger partial charge in [-0.25, -0.2) is 0 Å².